The van der Waals surface area contributed by atoms with Gasteiger partial charge in [0.15, 0.2) is 9.84 Å². The largest absolute Gasteiger partial charge is 0.426 e. The number of halogens is 4. The van der Waals surface area contributed by atoms with Gasteiger partial charge in [-0.3, -0.25) is 9.00 Å². The van der Waals surface area contributed by atoms with Gasteiger partial charge in [-0.05, 0) is 19.1 Å². The lowest BCUT2D eigenvalue weighted by Crippen LogP contribution is -2.52. The number of alkyl halides is 3. The maximum absolute atomic E-state index is 12.7. The third-order valence-corrected chi connectivity index (χ3v) is 6.71. The molecule has 25 heavy (non-hydrogen) atoms. The minimum atomic E-state index is -5.24. The van der Waals surface area contributed by atoms with Crippen molar-refractivity contribution in [2.24, 2.45) is 0 Å². The van der Waals surface area contributed by atoms with E-state index in [4.69, 9.17) is 11.6 Å². The molecule has 1 aromatic rings. The van der Waals surface area contributed by atoms with Gasteiger partial charge in [-0.25, -0.2) is 8.42 Å². The van der Waals surface area contributed by atoms with Gasteiger partial charge >= 0.3 is 6.18 Å². The van der Waals surface area contributed by atoms with Gasteiger partial charge in [-0.15, -0.1) is 0 Å². The van der Waals surface area contributed by atoms with E-state index in [1.54, 1.807) is 5.32 Å². The Hall–Kier alpha value is -1.17. The molecule has 2 atom stereocenters. The van der Waals surface area contributed by atoms with E-state index in [2.05, 4.69) is 0 Å². The molecule has 0 spiro atoms. The van der Waals surface area contributed by atoms with Gasteiger partial charge in [0.05, 0.1) is 37.1 Å². The Morgan fingerprint density at radius 1 is 1.36 bits per heavy atom. The van der Waals surface area contributed by atoms with Crippen LogP contribution >= 0.6 is 11.6 Å². The van der Waals surface area contributed by atoms with Crippen molar-refractivity contribution in [2.45, 2.75) is 35.4 Å². The first kappa shape index (κ1) is 21.9. The van der Waals surface area contributed by atoms with Crippen molar-refractivity contribution in [3.05, 3.63) is 17.2 Å². The Kier molecular flexibility index (Phi) is 6.31. The molecule has 142 valence electrons. The van der Waals surface area contributed by atoms with Gasteiger partial charge in [0, 0.05) is 6.26 Å². The monoisotopic (exact) mass is 421 g/mol. The average Bonchev–Trinajstić information content (AvgIpc) is 2.47. The fraction of sp³-hybridized carbons (Fsp3) is 0.462. The number of hydrogen-bond donors (Lipinski definition) is 2. The van der Waals surface area contributed by atoms with Crippen LogP contribution in [0.15, 0.2) is 21.9 Å². The standard InChI is InChI=1S/C13H15ClF3NO5S2/c1-4-25(22,23)8-6-5-7(9(14)10(8)24(3)21)18-11(19)12(2,20)13(15,16)17/h5-6,20H,4H2,1-3H3,(H,18,19)/t12?,24-/m1/s1. The Morgan fingerprint density at radius 2 is 1.88 bits per heavy atom. The highest BCUT2D eigenvalue weighted by Crippen LogP contribution is 2.36. The highest BCUT2D eigenvalue weighted by molar-refractivity contribution is 7.92. The van der Waals surface area contributed by atoms with Crippen molar-refractivity contribution in [2.75, 3.05) is 17.3 Å². The smallest absolute Gasteiger partial charge is 0.373 e. The molecule has 1 aromatic carbocycles. The summed E-state index contributed by atoms with van der Waals surface area (Å²) < 4.78 is 74.0. The normalized spacial score (nSPS) is 16.2. The van der Waals surface area contributed by atoms with Crippen LogP contribution in [0.2, 0.25) is 5.02 Å². The fourth-order valence-electron chi connectivity index (χ4n) is 1.68. The number of anilines is 1. The number of hydrogen-bond acceptors (Lipinski definition) is 5. The van der Waals surface area contributed by atoms with Crippen molar-refractivity contribution in [3.63, 3.8) is 0 Å². The number of rotatable bonds is 5. The number of nitrogens with one attached hydrogen (secondary N) is 1. The van der Waals surface area contributed by atoms with Crippen LogP contribution in [0, 0.1) is 0 Å². The van der Waals surface area contributed by atoms with Crippen LogP contribution in [0.5, 0.6) is 0 Å². The number of amides is 1. The van der Waals surface area contributed by atoms with Gasteiger partial charge in [0.2, 0.25) is 5.60 Å². The summed E-state index contributed by atoms with van der Waals surface area (Å²) in [6.45, 7) is 1.60. The van der Waals surface area contributed by atoms with Crippen molar-refractivity contribution in [3.8, 4) is 0 Å². The summed E-state index contributed by atoms with van der Waals surface area (Å²) in [6.07, 6.45) is -4.11. The molecule has 1 unspecified atom stereocenters. The average molecular weight is 422 g/mol. The number of benzene rings is 1. The third-order valence-electron chi connectivity index (χ3n) is 3.31. The molecular weight excluding hydrogens is 407 g/mol. The Morgan fingerprint density at radius 3 is 2.28 bits per heavy atom. The molecule has 0 radical (unpaired) electrons. The second kappa shape index (κ2) is 7.22. The van der Waals surface area contributed by atoms with Gasteiger partial charge in [-0.1, -0.05) is 18.5 Å². The van der Waals surface area contributed by atoms with E-state index in [0.717, 1.165) is 18.4 Å². The topological polar surface area (TPSA) is 101 Å². The summed E-state index contributed by atoms with van der Waals surface area (Å²) in [6, 6.07) is 1.95. The molecule has 0 saturated carbocycles. The molecule has 0 saturated heterocycles. The van der Waals surface area contributed by atoms with E-state index in [9.17, 15) is 35.7 Å². The minimum Gasteiger partial charge on any atom is -0.373 e. The zero-order valence-corrected chi connectivity index (χ0v) is 15.7. The molecule has 1 amide bonds. The summed E-state index contributed by atoms with van der Waals surface area (Å²) in [4.78, 5) is 11.0. The van der Waals surface area contributed by atoms with E-state index in [1.165, 1.54) is 6.92 Å². The van der Waals surface area contributed by atoms with Gasteiger partial charge in [0.25, 0.3) is 5.91 Å². The molecule has 12 heteroatoms. The maximum atomic E-state index is 12.7. The van der Waals surface area contributed by atoms with Crippen molar-refractivity contribution in [1.29, 1.82) is 0 Å². The molecule has 0 aliphatic rings. The van der Waals surface area contributed by atoms with Crippen molar-refractivity contribution >= 4 is 43.8 Å². The highest BCUT2D eigenvalue weighted by Gasteiger charge is 2.55. The summed E-state index contributed by atoms with van der Waals surface area (Å²) in [5.41, 5.74) is -4.10. The maximum Gasteiger partial charge on any atom is 0.426 e. The van der Waals surface area contributed by atoms with Gasteiger partial charge in [0.1, 0.15) is 0 Å². The molecule has 1 rings (SSSR count). The number of sulfone groups is 1. The summed E-state index contributed by atoms with van der Waals surface area (Å²) >= 11 is 5.95. The SMILES string of the molecule is CCS(=O)(=O)c1ccc(NC(=O)C(C)(O)C(F)(F)F)c(Cl)c1[S@@](C)=O. The first-order valence-electron chi connectivity index (χ1n) is 6.66. The van der Waals surface area contributed by atoms with Crippen LogP contribution in [0.1, 0.15) is 13.8 Å². The zero-order valence-electron chi connectivity index (χ0n) is 13.3. The van der Waals surface area contributed by atoms with E-state index < -0.39 is 49.0 Å². The van der Waals surface area contributed by atoms with Gasteiger partial charge in [-0.2, -0.15) is 13.2 Å². The number of carbonyl (C=O) groups excluding carboxylic acids is 1. The first-order valence-corrected chi connectivity index (χ1v) is 10.2. The van der Waals surface area contributed by atoms with E-state index in [1.807, 2.05) is 0 Å². The molecule has 6 nitrogen and oxygen atoms in total. The van der Waals surface area contributed by atoms with E-state index in [0.29, 0.717) is 0 Å². The second-order valence-corrected chi connectivity index (χ2v) is 9.08. The molecule has 0 bridgehead atoms. The first-order chi connectivity index (χ1) is 11.2. The Balaban J connectivity index is 3.45. The van der Waals surface area contributed by atoms with Crippen molar-refractivity contribution in [1.82, 2.24) is 0 Å². The van der Waals surface area contributed by atoms with Crippen LogP contribution in [-0.2, 0) is 25.4 Å². The molecule has 0 heterocycles. The van der Waals surface area contributed by atoms with E-state index >= 15 is 0 Å². The minimum absolute atomic E-state index is 0.255. The zero-order chi connectivity index (χ0) is 19.8. The predicted molar refractivity (Wildman–Crippen MR) is 86.8 cm³/mol. The summed E-state index contributed by atoms with van der Waals surface area (Å²) in [5, 5.41) is 10.6. The number of aliphatic hydroxyl groups is 1. The highest BCUT2D eigenvalue weighted by atomic mass is 35.5. The molecule has 2 N–H and O–H groups in total. The lowest BCUT2D eigenvalue weighted by atomic mass is 10.1. The molecule has 0 aliphatic carbocycles. The molecular formula is C13H15ClF3NO5S2. The van der Waals surface area contributed by atoms with Crippen LogP contribution in [-0.4, -0.2) is 47.4 Å². The summed E-state index contributed by atoms with van der Waals surface area (Å²) in [7, 11) is -5.72. The quantitative estimate of drug-likeness (QED) is 0.758. The lowest BCUT2D eigenvalue weighted by Gasteiger charge is -2.25. The molecule has 0 aliphatic heterocycles. The van der Waals surface area contributed by atoms with Crippen molar-refractivity contribution < 1.29 is 35.7 Å². The second-order valence-electron chi connectivity index (χ2n) is 5.14. The molecule has 0 aromatic heterocycles. The van der Waals surface area contributed by atoms with Crippen LogP contribution in [0.3, 0.4) is 0 Å². The summed E-state index contributed by atoms with van der Waals surface area (Å²) in [5.74, 6) is -2.14. The van der Waals surface area contributed by atoms with Gasteiger partial charge < -0.3 is 10.4 Å². The van der Waals surface area contributed by atoms with E-state index in [-0.39, 0.29) is 22.5 Å². The lowest BCUT2D eigenvalue weighted by molar-refractivity contribution is -0.242. The Labute approximate surface area is 149 Å². The van der Waals surface area contributed by atoms with Crippen LogP contribution < -0.4 is 5.32 Å². The molecule has 0 fully saturated rings. The third kappa shape index (κ3) is 4.33. The van der Waals surface area contributed by atoms with Crippen LogP contribution in [0.25, 0.3) is 0 Å². The van der Waals surface area contributed by atoms with Crippen LogP contribution in [0.4, 0.5) is 18.9 Å². The number of carbonyl (C=O) groups is 1. The fourth-order valence-corrected chi connectivity index (χ4v) is 4.69. The predicted octanol–water partition coefficient (Wildman–Crippen LogP) is 2.12. The Bertz CT molecular complexity index is 822.